The largest absolute Gasteiger partial charge is 0.479 e. The fourth-order valence-electron chi connectivity index (χ4n) is 0.578. The number of halogens is 3. The van der Waals surface area contributed by atoms with Crippen molar-refractivity contribution in [2.45, 2.75) is 12.2 Å². The minimum atomic E-state index is -5.07. The number of rotatable bonds is 4. The van der Waals surface area contributed by atoms with Gasteiger partial charge in [-0.05, 0) is 0 Å². The Bertz CT molecular complexity index is 263. The van der Waals surface area contributed by atoms with Crippen molar-refractivity contribution in [1.29, 1.82) is 0 Å². The summed E-state index contributed by atoms with van der Waals surface area (Å²) in [6.07, 6.45) is -5.42. The molecule has 2 N–H and O–H groups in total. The van der Waals surface area contributed by atoms with E-state index in [1.165, 1.54) is 0 Å². The summed E-state index contributed by atoms with van der Waals surface area (Å²) in [5.41, 5.74) is 0. The maximum absolute atomic E-state index is 12.0. The zero-order valence-electron chi connectivity index (χ0n) is 7.37. The normalized spacial score (nSPS) is 12.7. The minimum absolute atomic E-state index is 0.309. The summed E-state index contributed by atoms with van der Waals surface area (Å²) in [6, 6.07) is -2.98. The Morgan fingerprint density at radius 1 is 1.53 bits per heavy atom. The highest BCUT2D eigenvalue weighted by Crippen LogP contribution is 2.20. The van der Waals surface area contributed by atoms with Crippen molar-refractivity contribution in [3.05, 3.63) is 12.7 Å². The number of carbonyl (C=O) groups is 2. The molecular weight excluding hydrogens is 219 g/mol. The molecule has 0 saturated carbocycles. The first kappa shape index (κ1) is 13.3. The molecule has 1 amide bonds. The third-order valence-corrected chi connectivity index (χ3v) is 1.17. The second-order valence-electron chi connectivity index (χ2n) is 2.34. The standard InChI is InChI=1S/C7H8F3NO4/c1-2-3-15-6(14)11-4(5(12)13)7(8,9)10/h2,4H,1,3H2,(H,11,14)(H,12,13). The van der Waals surface area contributed by atoms with E-state index in [2.05, 4.69) is 11.3 Å². The van der Waals surface area contributed by atoms with Gasteiger partial charge >= 0.3 is 18.2 Å². The Hall–Kier alpha value is -1.73. The summed E-state index contributed by atoms with van der Waals surface area (Å²) in [5, 5.41) is 9.33. The smallest absolute Gasteiger partial charge is 0.419 e. The Balaban J connectivity index is 4.37. The topological polar surface area (TPSA) is 75.6 Å². The molecule has 86 valence electrons. The van der Waals surface area contributed by atoms with E-state index < -0.39 is 24.3 Å². The van der Waals surface area contributed by atoms with Crippen LogP contribution in [-0.2, 0) is 9.53 Å². The summed E-state index contributed by atoms with van der Waals surface area (Å²) < 4.78 is 40.1. The van der Waals surface area contributed by atoms with Gasteiger partial charge in [-0.15, -0.1) is 0 Å². The fraction of sp³-hybridized carbons (Fsp3) is 0.429. The van der Waals surface area contributed by atoms with Gasteiger partial charge in [0, 0.05) is 0 Å². The highest BCUT2D eigenvalue weighted by Gasteiger charge is 2.46. The number of hydrogen-bond donors (Lipinski definition) is 2. The van der Waals surface area contributed by atoms with Crippen LogP contribution in [0.1, 0.15) is 0 Å². The van der Waals surface area contributed by atoms with Gasteiger partial charge in [-0.3, -0.25) is 5.32 Å². The first-order valence-electron chi connectivity index (χ1n) is 3.62. The van der Waals surface area contributed by atoms with Crippen molar-refractivity contribution < 1.29 is 32.6 Å². The first-order valence-corrected chi connectivity index (χ1v) is 3.62. The summed E-state index contributed by atoms with van der Waals surface area (Å²) in [4.78, 5) is 20.8. The maximum atomic E-state index is 12.0. The lowest BCUT2D eigenvalue weighted by atomic mass is 10.3. The third kappa shape index (κ3) is 4.89. The quantitative estimate of drug-likeness (QED) is 0.700. The van der Waals surface area contributed by atoms with Crippen LogP contribution in [0.5, 0.6) is 0 Å². The molecule has 0 bridgehead atoms. The van der Waals surface area contributed by atoms with Gasteiger partial charge in [0.15, 0.2) is 0 Å². The highest BCUT2D eigenvalue weighted by molar-refractivity contribution is 5.80. The molecule has 0 radical (unpaired) electrons. The number of hydrogen-bond acceptors (Lipinski definition) is 3. The van der Waals surface area contributed by atoms with Crippen LogP contribution in [-0.4, -0.2) is 36.0 Å². The molecule has 0 rings (SSSR count). The summed E-state index contributed by atoms with van der Waals surface area (Å²) >= 11 is 0. The van der Waals surface area contributed by atoms with Gasteiger partial charge in [-0.25, -0.2) is 9.59 Å². The molecule has 0 aliphatic heterocycles. The van der Waals surface area contributed by atoms with E-state index in [4.69, 9.17) is 5.11 Å². The molecular formula is C7H8F3NO4. The van der Waals surface area contributed by atoms with Crippen molar-refractivity contribution in [2.24, 2.45) is 0 Å². The van der Waals surface area contributed by atoms with E-state index in [0.29, 0.717) is 0 Å². The molecule has 1 atom stereocenters. The summed E-state index contributed by atoms with van der Waals surface area (Å²) in [5.74, 6) is -2.21. The summed E-state index contributed by atoms with van der Waals surface area (Å²) in [6.45, 7) is 2.84. The molecule has 15 heavy (non-hydrogen) atoms. The lowest BCUT2D eigenvalue weighted by Crippen LogP contribution is -2.50. The number of alkyl carbamates (subject to hydrolysis) is 1. The Labute approximate surface area is 82.5 Å². The van der Waals surface area contributed by atoms with E-state index in [1.54, 1.807) is 0 Å². The second kappa shape index (κ2) is 5.23. The van der Waals surface area contributed by atoms with Crippen molar-refractivity contribution >= 4 is 12.1 Å². The van der Waals surface area contributed by atoms with Crippen LogP contribution in [0.4, 0.5) is 18.0 Å². The van der Waals surface area contributed by atoms with Crippen LogP contribution in [0.3, 0.4) is 0 Å². The molecule has 0 aromatic rings. The van der Waals surface area contributed by atoms with Crippen LogP contribution in [0.25, 0.3) is 0 Å². The average molecular weight is 227 g/mol. The highest BCUT2D eigenvalue weighted by atomic mass is 19.4. The average Bonchev–Trinajstić information content (AvgIpc) is 2.08. The fourth-order valence-corrected chi connectivity index (χ4v) is 0.578. The monoisotopic (exact) mass is 227 g/mol. The number of carboxylic acid groups (broad SMARTS) is 1. The Morgan fingerprint density at radius 2 is 2.07 bits per heavy atom. The molecule has 0 spiro atoms. The van der Waals surface area contributed by atoms with E-state index >= 15 is 0 Å². The SMILES string of the molecule is C=CCOC(=O)NC(C(=O)O)C(F)(F)F. The lowest BCUT2D eigenvalue weighted by Gasteiger charge is -2.16. The Morgan fingerprint density at radius 3 is 2.40 bits per heavy atom. The third-order valence-electron chi connectivity index (χ3n) is 1.17. The van der Waals surface area contributed by atoms with E-state index in [1.807, 2.05) is 0 Å². The number of amides is 1. The van der Waals surface area contributed by atoms with Crippen molar-refractivity contribution in [3.63, 3.8) is 0 Å². The summed E-state index contributed by atoms with van der Waals surface area (Å²) in [7, 11) is 0. The van der Waals surface area contributed by atoms with Gasteiger partial charge in [-0.2, -0.15) is 13.2 Å². The number of carboxylic acids is 1. The van der Waals surface area contributed by atoms with Gasteiger partial charge < -0.3 is 9.84 Å². The van der Waals surface area contributed by atoms with Crippen LogP contribution < -0.4 is 5.32 Å². The van der Waals surface area contributed by atoms with Crippen molar-refractivity contribution in [1.82, 2.24) is 5.32 Å². The number of carbonyl (C=O) groups excluding carboxylic acids is 1. The maximum Gasteiger partial charge on any atom is 0.419 e. The molecule has 0 aliphatic rings. The second-order valence-corrected chi connectivity index (χ2v) is 2.34. The van der Waals surface area contributed by atoms with Crippen LogP contribution in [0.2, 0.25) is 0 Å². The van der Waals surface area contributed by atoms with Crippen LogP contribution in [0, 0.1) is 0 Å². The molecule has 1 unspecified atom stereocenters. The van der Waals surface area contributed by atoms with Gasteiger partial charge in [0.1, 0.15) is 6.61 Å². The van der Waals surface area contributed by atoms with Gasteiger partial charge in [0.2, 0.25) is 6.04 Å². The van der Waals surface area contributed by atoms with E-state index in [-0.39, 0.29) is 6.61 Å². The van der Waals surface area contributed by atoms with Gasteiger partial charge in [-0.1, -0.05) is 12.7 Å². The molecule has 8 heteroatoms. The minimum Gasteiger partial charge on any atom is -0.479 e. The van der Waals surface area contributed by atoms with Gasteiger partial charge in [0.05, 0.1) is 0 Å². The first-order chi connectivity index (χ1) is 6.79. The zero-order chi connectivity index (χ0) is 12.1. The lowest BCUT2D eigenvalue weighted by molar-refractivity contribution is -0.178. The Kier molecular flexibility index (Phi) is 4.62. The molecule has 5 nitrogen and oxygen atoms in total. The molecule has 0 aliphatic carbocycles. The van der Waals surface area contributed by atoms with Crippen molar-refractivity contribution in [2.75, 3.05) is 6.61 Å². The number of alkyl halides is 3. The van der Waals surface area contributed by atoms with Crippen LogP contribution in [0.15, 0.2) is 12.7 Å². The zero-order valence-corrected chi connectivity index (χ0v) is 7.37. The number of nitrogens with one attached hydrogen (secondary N) is 1. The molecule has 0 fully saturated rings. The number of aliphatic carboxylic acids is 1. The predicted molar refractivity (Wildman–Crippen MR) is 42.2 cm³/mol. The van der Waals surface area contributed by atoms with E-state index in [9.17, 15) is 22.8 Å². The molecule has 0 aromatic heterocycles. The molecule has 0 aromatic carbocycles. The van der Waals surface area contributed by atoms with Crippen LogP contribution >= 0.6 is 0 Å². The molecule has 0 saturated heterocycles. The molecule has 0 heterocycles. The number of ether oxygens (including phenoxy) is 1. The van der Waals surface area contributed by atoms with Crippen molar-refractivity contribution in [3.8, 4) is 0 Å². The van der Waals surface area contributed by atoms with Gasteiger partial charge in [0.25, 0.3) is 0 Å². The van der Waals surface area contributed by atoms with E-state index in [0.717, 1.165) is 11.4 Å². The predicted octanol–water partition coefficient (Wildman–Crippen LogP) is 0.914.